The maximum Gasteiger partial charge on any atom is 0.188 e. The molecule has 1 N–H and O–H groups in total. The Morgan fingerprint density at radius 3 is 2.94 bits per heavy atom. The van der Waals surface area contributed by atoms with E-state index in [4.69, 9.17) is 9.47 Å². The van der Waals surface area contributed by atoms with Gasteiger partial charge < -0.3 is 14.8 Å². The van der Waals surface area contributed by atoms with E-state index in [9.17, 15) is 4.39 Å². The lowest BCUT2D eigenvalue weighted by atomic mass is 10.2. The largest absolute Gasteiger partial charge is 0.467 e. The van der Waals surface area contributed by atoms with Crippen LogP contribution in [0.4, 0.5) is 4.39 Å². The van der Waals surface area contributed by atoms with Gasteiger partial charge in [-0.25, -0.2) is 4.39 Å². The van der Waals surface area contributed by atoms with E-state index in [0.717, 1.165) is 5.56 Å². The van der Waals surface area contributed by atoms with E-state index in [1.54, 1.807) is 13.2 Å². The van der Waals surface area contributed by atoms with E-state index >= 15 is 0 Å². The molecule has 0 heterocycles. The van der Waals surface area contributed by atoms with Crippen LogP contribution in [0.3, 0.4) is 0 Å². The smallest absolute Gasteiger partial charge is 0.188 e. The predicted molar refractivity (Wildman–Crippen MR) is 58.8 cm³/mol. The summed E-state index contributed by atoms with van der Waals surface area (Å²) < 4.78 is 23.3. The molecule has 1 fully saturated rings. The lowest BCUT2D eigenvalue weighted by molar-refractivity contribution is 0.0503. The number of ether oxygens (including phenoxy) is 2. The third kappa shape index (κ3) is 3.18. The molecule has 0 bridgehead atoms. The molecule has 1 aromatic rings. The number of rotatable bonds is 6. The van der Waals surface area contributed by atoms with Crippen LogP contribution in [0.1, 0.15) is 18.4 Å². The van der Waals surface area contributed by atoms with Gasteiger partial charge in [0.1, 0.15) is 11.6 Å². The summed E-state index contributed by atoms with van der Waals surface area (Å²) in [6.45, 7) is 0.823. The Kier molecular flexibility index (Phi) is 3.74. The number of halogens is 1. The lowest BCUT2D eigenvalue weighted by Gasteiger charge is -2.11. The van der Waals surface area contributed by atoms with Crippen molar-refractivity contribution < 1.29 is 13.9 Å². The lowest BCUT2D eigenvalue weighted by Crippen LogP contribution is -2.16. The van der Waals surface area contributed by atoms with Gasteiger partial charge in [-0.15, -0.1) is 0 Å². The molecule has 0 saturated heterocycles. The molecule has 1 saturated carbocycles. The Labute approximate surface area is 94.6 Å². The fraction of sp³-hybridized carbons (Fsp3) is 0.500. The number of methoxy groups -OCH3 is 1. The highest BCUT2D eigenvalue weighted by atomic mass is 19.1. The van der Waals surface area contributed by atoms with Crippen molar-refractivity contribution in [3.8, 4) is 5.75 Å². The van der Waals surface area contributed by atoms with Gasteiger partial charge in [-0.1, -0.05) is 0 Å². The molecule has 88 valence electrons. The second-order valence-electron chi connectivity index (χ2n) is 3.96. The molecule has 0 radical (unpaired) electrons. The Balaban J connectivity index is 2.01. The summed E-state index contributed by atoms with van der Waals surface area (Å²) in [5.41, 5.74) is 0.837. The van der Waals surface area contributed by atoms with Crippen LogP contribution in [0.2, 0.25) is 0 Å². The van der Waals surface area contributed by atoms with E-state index < -0.39 is 0 Å². The third-order valence-corrected chi connectivity index (χ3v) is 2.51. The minimum atomic E-state index is -0.239. The monoisotopic (exact) mass is 225 g/mol. The molecule has 0 aliphatic heterocycles. The summed E-state index contributed by atoms with van der Waals surface area (Å²) in [6.07, 6.45) is 2.42. The van der Waals surface area contributed by atoms with Crippen LogP contribution in [0.25, 0.3) is 0 Å². The van der Waals surface area contributed by atoms with Crippen molar-refractivity contribution in [2.45, 2.75) is 25.4 Å². The highest BCUT2D eigenvalue weighted by molar-refractivity contribution is 5.34. The van der Waals surface area contributed by atoms with Gasteiger partial charge >= 0.3 is 0 Å². The molecule has 16 heavy (non-hydrogen) atoms. The van der Waals surface area contributed by atoms with Crippen LogP contribution in [0, 0.1) is 5.82 Å². The van der Waals surface area contributed by atoms with E-state index in [2.05, 4.69) is 5.32 Å². The molecule has 1 aliphatic carbocycles. The van der Waals surface area contributed by atoms with Crippen LogP contribution in [0.15, 0.2) is 18.2 Å². The van der Waals surface area contributed by atoms with Gasteiger partial charge in [-0.2, -0.15) is 0 Å². The molecule has 2 rings (SSSR count). The minimum absolute atomic E-state index is 0.183. The van der Waals surface area contributed by atoms with Gasteiger partial charge in [0, 0.05) is 25.3 Å². The van der Waals surface area contributed by atoms with Gasteiger partial charge in [-0.05, 0) is 31.0 Å². The molecule has 0 unspecified atom stereocenters. The molecular formula is C12H16FNO2. The molecule has 3 nitrogen and oxygen atoms in total. The SMILES string of the molecule is COCOc1ccc(F)cc1CNC1CC1. The summed E-state index contributed by atoms with van der Waals surface area (Å²) in [6, 6.07) is 5.13. The average molecular weight is 225 g/mol. The van der Waals surface area contributed by atoms with E-state index in [1.165, 1.54) is 25.0 Å². The highest BCUT2D eigenvalue weighted by Crippen LogP contribution is 2.23. The molecule has 0 amide bonds. The molecule has 1 aliphatic rings. The van der Waals surface area contributed by atoms with Crippen LogP contribution >= 0.6 is 0 Å². The van der Waals surface area contributed by atoms with Crippen molar-refractivity contribution in [1.29, 1.82) is 0 Å². The van der Waals surface area contributed by atoms with Crippen LogP contribution in [0.5, 0.6) is 5.75 Å². The molecule has 0 atom stereocenters. The van der Waals surface area contributed by atoms with Crippen molar-refractivity contribution in [2.75, 3.05) is 13.9 Å². The van der Waals surface area contributed by atoms with Gasteiger partial charge in [0.15, 0.2) is 6.79 Å². The summed E-state index contributed by atoms with van der Waals surface area (Å²) in [5.74, 6) is 0.439. The first-order valence-corrected chi connectivity index (χ1v) is 5.43. The topological polar surface area (TPSA) is 30.5 Å². The van der Waals surface area contributed by atoms with Crippen LogP contribution in [-0.4, -0.2) is 19.9 Å². The highest BCUT2D eigenvalue weighted by Gasteiger charge is 2.20. The van der Waals surface area contributed by atoms with Crippen molar-refractivity contribution in [3.63, 3.8) is 0 Å². The van der Waals surface area contributed by atoms with Gasteiger partial charge in [0.25, 0.3) is 0 Å². The average Bonchev–Trinajstić information content (AvgIpc) is 3.09. The maximum absolute atomic E-state index is 13.1. The van der Waals surface area contributed by atoms with Crippen molar-refractivity contribution >= 4 is 0 Å². The van der Waals surface area contributed by atoms with Gasteiger partial charge in [0.05, 0.1) is 0 Å². The molecular weight excluding hydrogens is 209 g/mol. The summed E-state index contributed by atoms with van der Waals surface area (Å²) in [5, 5.41) is 3.33. The Bertz CT molecular complexity index is 353. The normalized spacial score (nSPS) is 15.1. The van der Waals surface area contributed by atoms with Gasteiger partial charge in [-0.3, -0.25) is 0 Å². The summed E-state index contributed by atoms with van der Waals surface area (Å²) >= 11 is 0. The van der Waals surface area contributed by atoms with Crippen LogP contribution in [-0.2, 0) is 11.3 Å². The Hall–Kier alpha value is -1.13. The van der Waals surface area contributed by atoms with E-state index in [1.807, 2.05) is 0 Å². The first-order valence-electron chi connectivity index (χ1n) is 5.43. The second-order valence-corrected chi connectivity index (χ2v) is 3.96. The number of nitrogens with one attached hydrogen (secondary N) is 1. The number of hydrogen-bond acceptors (Lipinski definition) is 3. The fourth-order valence-corrected chi connectivity index (χ4v) is 1.49. The number of hydrogen-bond donors (Lipinski definition) is 1. The van der Waals surface area contributed by atoms with Crippen molar-refractivity contribution in [1.82, 2.24) is 5.32 Å². The Morgan fingerprint density at radius 1 is 1.44 bits per heavy atom. The molecule has 0 spiro atoms. The quantitative estimate of drug-likeness (QED) is 0.752. The maximum atomic E-state index is 13.1. The number of benzene rings is 1. The Morgan fingerprint density at radius 2 is 2.25 bits per heavy atom. The fourth-order valence-electron chi connectivity index (χ4n) is 1.49. The first-order chi connectivity index (χ1) is 7.79. The zero-order valence-corrected chi connectivity index (χ0v) is 9.33. The van der Waals surface area contributed by atoms with E-state index in [0.29, 0.717) is 18.3 Å². The molecule has 4 heteroatoms. The molecule has 1 aromatic carbocycles. The third-order valence-electron chi connectivity index (χ3n) is 2.51. The zero-order chi connectivity index (χ0) is 11.4. The first kappa shape index (κ1) is 11.4. The van der Waals surface area contributed by atoms with E-state index in [-0.39, 0.29) is 12.6 Å². The second kappa shape index (κ2) is 5.27. The van der Waals surface area contributed by atoms with Crippen LogP contribution < -0.4 is 10.1 Å². The van der Waals surface area contributed by atoms with Crippen molar-refractivity contribution in [2.24, 2.45) is 0 Å². The predicted octanol–water partition coefficient (Wildman–Crippen LogP) is 2.06. The van der Waals surface area contributed by atoms with Crippen molar-refractivity contribution in [3.05, 3.63) is 29.6 Å². The molecule has 0 aromatic heterocycles. The standard InChI is InChI=1S/C12H16FNO2/c1-15-8-16-12-5-2-10(13)6-9(12)7-14-11-3-4-11/h2,5-6,11,14H,3-4,7-8H2,1H3. The van der Waals surface area contributed by atoms with Gasteiger partial charge in [0.2, 0.25) is 0 Å². The zero-order valence-electron chi connectivity index (χ0n) is 9.33. The summed E-state index contributed by atoms with van der Waals surface area (Å²) in [4.78, 5) is 0. The summed E-state index contributed by atoms with van der Waals surface area (Å²) in [7, 11) is 1.56. The minimum Gasteiger partial charge on any atom is -0.467 e.